The van der Waals surface area contributed by atoms with Gasteiger partial charge in [-0.1, -0.05) is 32.1 Å². The van der Waals surface area contributed by atoms with Gasteiger partial charge in [-0.3, -0.25) is 4.79 Å². The first kappa shape index (κ1) is 19.8. The highest BCUT2D eigenvalue weighted by molar-refractivity contribution is 7.20. The third kappa shape index (κ3) is 4.42. The molecule has 1 aliphatic heterocycles. The van der Waals surface area contributed by atoms with Gasteiger partial charge in [0.1, 0.15) is 5.82 Å². The number of carbonyl (C=O) groups excluding carboxylic acids is 1. The molecule has 29 heavy (non-hydrogen) atoms. The van der Waals surface area contributed by atoms with Crippen molar-refractivity contribution in [3.05, 3.63) is 36.3 Å². The Morgan fingerprint density at radius 1 is 1.31 bits per heavy atom. The first-order valence-corrected chi connectivity index (χ1v) is 10.8. The van der Waals surface area contributed by atoms with Crippen LogP contribution in [0, 0.1) is 17.2 Å². The van der Waals surface area contributed by atoms with Crippen molar-refractivity contribution in [2.75, 3.05) is 24.5 Å². The Bertz CT molecular complexity index is 973. The van der Waals surface area contributed by atoms with Gasteiger partial charge in [-0.25, -0.2) is 13.9 Å². The average Bonchev–Trinajstić information content (AvgIpc) is 3.25. The minimum Gasteiger partial charge on any atom is -0.355 e. The number of amides is 1. The van der Waals surface area contributed by atoms with Crippen LogP contribution in [-0.4, -0.2) is 40.1 Å². The van der Waals surface area contributed by atoms with Gasteiger partial charge >= 0.3 is 0 Å². The van der Waals surface area contributed by atoms with E-state index in [2.05, 4.69) is 15.2 Å². The third-order valence-corrected chi connectivity index (χ3v) is 6.18. The fourth-order valence-electron chi connectivity index (χ4n) is 3.48. The molecule has 6 nitrogen and oxygen atoms in total. The molecular formula is C21H26FN5OS. The van der Waals surface area contributed by atoms with Crippen molar-refractivity contribution >= 4 is 27.3 Å². The SMILES string of the molecule is CC(C)(C)C(=O)NCC1CCCN(c2nn3cc(-c4ccc(F)cc4)nc3s2)C1. The number of aromatic nitrogens is 3. The second kappa shape index (κ2) is 7.74. The molecule has 2 aromatic heterocycles. The molecule has 1 aliphatic rings. The molecule has 1 amide bonds. The number of carbonyl (C=O) groups is 1. The topological polar surface area (TPSA) is 62.5 Å². The van der Waals surface area contributed by atoms with Crippen LogP contribution in [0.2, 0.25) is 0 Å². The van der Waals surface area contributed by atoms with Gasteiger partial charge in [-0.15, -0.1) is 5.10 Å². The van der Waals surface area contributed by atoms with E-state index in [-0.39, 0.29) is 17.1 Å². The summed E-state index contributed by atoms with van der Waals surface area (Å²) in [7, 11) is 0. The van der Waals surface area contributed by atoms with Crippen LogP contribution in [0.25, 0.3) is 16.2 Å². The van der Waals surface area contributed by atoms with Crippen LogP contribution in [0.15, 0.2) is 30.5 Å². The maximum atomic E-state index is 13.1. The second-order valence-corrected chi connectivity index (χ2v) is 9.59. The lowest BCUT2D eigenvalue weighted by Gasteiger charge is -2.32. The molecule has 3 heterocycles. The lowest BCUT2D eigenvalue weighted by atomic mass is 9.94. The number of anilines is 1. The van der Waals surface area contributed by atoms with Crippen molar-refractivity contribution in [3.8, 4) is 11.3 Å². The molecule has 1 saturated heterocycles. The van der Waals surface area contributed by atoms with Crippen molar-refractivity contribution in [3.63, 3.8) is 0 Å². The fraction of sp³-hybridized carbons (Fsp3) is 0.476. The quantitative estimate of drug-likeness (QED) is 0.700. The summed E-state index contributed by atoms with van der Waals surface area (Å²) < 4.78 is 14.9. The minimum atomic E-state index is -0.364. The van der Waals surface area contributed by atoms with Crippen LogP contribution in [0.4, 0.5) is 9.52 Å². The average molecular weight is 416 g/mol. The van der Waals surface area contributed by atoms with Gasteiger partial charge in [-0.2, -0.15) is 0 Å². The van der Waals surface area contributed by atoms with Crippen molar-refractivity contribution < 1.29 is 9.18 Å². The molecule has 3 aromatic rings. The number of benzene rings is 1. The normalized spacial score (nSPS) is 17.7. The summed E-state index contributed by atoms with van der Waals surface area (Å²) >= 11 is 1.56. The summed E-state index contributed by atoms with van der Waals surface area (Å²) in [5.74, 6) is 0.255. The van der Waals surface area contributed by atoms with Crippen LogP contribution in [0.5, 0.6) is 0 Å². The fourth-order valence-corrected chi connectivity index (χ4v) is 4.40. The molecule has 0 aliphatic carbocycles. The van der Waals surface area contributed by atoms with E-state index in [0.29, 0.717) is 12.5 Å². The number of fused-ring (bicyclic) bond motifs is 1. The number of halogens is 1. The molecule has 4 rings (SSSR count). The van der Waals surface area contributed by atoms with Crippen LogP contribution in [-0.2, 0) is 4.79 Å². The van der Waals surface area contributed by atoms with Gasteiger partial charge in [0, 0.05) is 30.6 Å². The lowest BCUT2D eigenvalue weighted by Crippen LogP contribution is -2.43. The predicted molar refractivity (Wildman–Crippen MR) is 114 cm³/mol. The molecule has 0 bridgehead atoms. The molecule has 8 heteroatoms. The van der Waals surface area contributed by atoms with Crippen LogP contribution >= 0.6 is 11.3 Å². The highest BCUT2D eigenvalue weighted by atomic mass is 32.1. The van der Waals surface area contributed by atoms with Crippen LogP contribution < -0.4 is 10.2 Å². The number of rotatable bonds is 4. The van der Waals surface area contributed by atoms with Crippen molar-refractivity contribution in [1.82, 2.24) is 19.9 Å². The summed E-state index contributed by atoms with van der Waals surface area (Å²) in [6.07, 6.45) is 4.07. The van der Waals surface area contributed by atoms with Gasteiger partial charge in [0.05, 0.1) is 11.9 Å². The molecule has 1 aromatic carbocycles. The Balaban J connectivity index is 1.43. The van der Waals surface area contributed by atoms with E-state index in [1.54, 1.807) is 28.0 Å². The largest absolute Gasteiger partial charge is 0.355 e. The molecule has 1 fully saturated rings. The van der Waals surface area contributed by atoms with Crippen molar-refractivity contribution in [1.29, 1.82) is 0 Å². The summed E-state index contributed by atoms with van der Waals surface area (Å²) in [5.41, 5.74) is 1.30. The Morgan fingerprint density at radius 3 is 2.76 bits per heavy atom. The molecule has 1 N–H and O–H groups in total. The number of nitrogens with one attached hydrogen (secondary N) is 1. The number of nitrogens with zero attached hydrogens (tertiary/aromatic N) is 4. The van der Waals surface area contributed by atoms with Crippen LogP contribution in [0.1, 0.15) is 33.6 Å². The Labute approximate surface area is 173 Å². The number of imidazole rings is 1. The predicted octanol–water partition coefficient (Wildman–Crippen LogP) is 3.98. The summed E-state index contributed by atoms with van der Waals surface area (Å²) in [6.45, 7) is 8.34. The van der Waals surface area contributed by atoms with Gasteiger partial charge in [0.15, 0.2) is 0 Å². The van der Waals surface area contributed by atoms with Gasteiger partial charge in [-0.05, 0) is 43.0 Å². The zero-order chi connectivity index (χ0) is 20.6. The first-order chi connectivity index (χ1) is 13.8. The first-order valence-electron chi connectivity index (χ1n) is 9.95. The lowest BCUT2D eigenvalue weighted by molar-refractivity contribution is -0.128. The van der Waals surface area contributed by atoms with Gasteiger partial charge < -0.3 is 10.2 Å². The minimum absolute atomic E-state index is 0.0932. The smallest absolute Gasteiger partial charge is 0.225 e. The maximum absolute atomic E-state index is 13.1. The molecule has 1 atom stereocenters. The van der Waals surface area contributed by atoms with Crippen molar-refractivity contribution in [2.24, 2.45) is 11.3 Å². The maximum Gasteiger partial charge on any atom is 0.225 e. The van der Waals surface area contributed by atoms with E-state index in [4.69, 9.17) is 5.10 Å². The van der Waals surface area contributed by atoms with E-state index in [1.807, 2.05) is 27.0 Å². The Kier molecular flexibility index (Phi) is 5.29. The standard InChI is InChI=1S/C21H26FN5OS/c1-21(2,3)18(28)23-11-14-5-4-10-26(12-14)20-25-27-13-17(24-19(27)29-20)15-6-8-16(22)9-7-15/h6-9,13-14H,4-5,10-12H2,1-3H3,(H,23,28). The summed E-state index contributed by atoms with van der Waals surface area (Å²) in [4.78, 5) is 19.9. The van der Waals surface area contributed by atoms with E-state index in [0.717, 1.165) is 47.3 Å². The Hall–Kier alpha value is -2.48. The van der Waals surface area contributed by atoms with E-state index in [1.165, 1.54) is 12.1 Å². The van der Waals surface area contributed by atoms with Gasteiger partial charge in [0.25, 0.3) is 0 Å². The monoisotopic (exact) mass is 415 g/mol. The number of piperidine rings is 1. The number of hydrogen-bond acceptors (Lipinski definition) is 5. The second-order valence-electron chi connectivity index (χ2n) is 8.66. The molecule has 0 radical (unpaired) electrons. The zero-order valence-corrected chi connectivity index (χ0v) is 17.8. The highest BCUT2D eigenvalue weighted by Gasteiger charge is 2.26. The number of hydrogen-bond donors (Lipinski definition) is 1. The molecule has 0 saturated carbocycles. The van der Waals surface area contributed by atoms with E-state index in [9.17, 15) is 9.18 Å². The van der Waals surface area contributed by atoms with E-state index < -0.39 is 0 Å². The Morgan fingerprint density at radius 2 is 2.07 bits per heavy atom. The highest BCUT2D eigenvalue weighted by Crippen LogP contribution is 2.29. The van der Waals surface area contributed by atoms with Gasteiger partial charge in [0.2, 0.25) is 16.0 Å². The molecular weight excluding hydrogens is 389 g/mol. The zero-order valence-electron chi connectivity index (χ0n) is 17.0. The summed E-state index contributed by atoms with van der Waals surface area (Å²) in [6, 6.07) is 6.33. The van der Waals surface area contributed by atoms with Crippen LogP contribution in [0.3, 0.4) is 0 Å². The molecule has 0 spiro atoms. The summed E-state index contributed by atoms with van der Waals surface area (Å²) in [5, 5.41) is 8.74. The molecule has 1 unspecified atom stereocenters. The van der Waals surface area contributed by atoms with E-state index >= 15 is 0 Å². The molecule has 154 valence electrons. The van der Waals surface area contributed by atoms with Crippen molar-refractivity contribution in [2.45, 2.75) is 33.6 Å². The third-order valence-electron chi connectivity index (χ3n) is 5.19.